The third kappa shape index (κ3) is 3.85. The average molecular weight is 346 g/mol. The topological polar surface area (TPSA) is 38.3 Å². The molecule has 1 N–H and O–H groups in total. The normalized spacial score (nSPS) is 15.3. The Balaban J connectivity index is 1.80. The molecule has 0 unspecified atom stereocenters. The van der Waals surface area contributed by atoms with Crippen molar-refractivity contribution in [3.63, 3.8) is 0 Å². The van der Waals surface area contributed by atoms with Crippen molar-refractivity contribution in [1.82, 2.24) is 5.32 Å². The van der Waals surface area contributed by atoms with Gasteiger partial charge in [-0.1, -0.05) is 46.3 Å². The molecule has 0 heterocycles. The van der Waals surface area contributed by atoms with E-state index in [2.05, 4.69) is 21.2 Å². The summed E-state index contributed by atoms with van der Waals surface area (Å²) >= 11 is 3.39. The van der Waals surface area contributed by atoms with Gasteiger partial charge in [0.1, 0.15) is 5.75 Å². The van der Waals surface area contributed by atoms with E-state index in [1.807, 2.05) is 54.6 Å². The molecule has 1 atom stereocenters. The highest BCUT2D eigenvalue weighted by Gasteiger charge is 2.29. The fraction of sp³-hybridized carbons (Fsp3) is 0.235. The van der Waals surface area contributed by atoms with E-state index in [1.165, 1.54) is 0 Å². The van der Waals surface area contributed by atoms with Gasteiger partial charge in [-0.15, -0.1) is 0 Å². The highest BCUT2D eigenvalue weighted by Crippen LogP contribution is 2.26. The first-order valence-corrected chi connectivity index (χ1v) is 7.79. The smallest absolute Gasteiger partial charge is 0.266 e. The fourth-order valence-electron chi connectivity index (χ4n) is 2.05. The molecule has 3 nitrogen and oxygen atoms in total. The molecule has 0 spiro atoms. The van der Waals surface area contributed by atoms with E-state index < -0.39 is 6.10 Å². The minimum absolute atomic E-state index is 0.0772. The first-order valence-electron chi connectivity index (χ1n) is 7.00. The lowest BCUT2D eigenvalue weighted by Gasteiger charge is -2.19. The summed E-state index contributed by atoms with van der Waals surface area (Å²) in [6.07, 6.45) is 1.50. The number of nitrogens with one attached hydrogen (secondary N) is 1. The monoisotopic (exact) mass is 345 g/mol. The zero-order valence-corrected chi connectivity index (χ0v) is 13.0. The van der Waals surface area contributed by atoms with Gasteiger partial charge in [0, 0.05) is 16.1 Å². The lowest BCUT2D eigenvalue weighted by molar-refractivity contribution is -0.128. The summed E-state index contributed by atoms with van der Waals surface area (Å²) in [6, 6.07) is 17.4. The van der Waals surface area contributed by atoms with Gasteiger partial charge in [0.15, 0.2) is 0 Å². The molecule has 4 heteroatoms. The van der Waals surface area contributed by atoms with Crippen LogP contribution >= 0.6 is 15.9 Å². The predicted octanol–water partition coefficient (Wildman–Crippen LogP) is 3.85. The molecular formula is C17H16BrNO2. The van der Waals surface area contributed by atoms with Crippen LogP contribution < -0.4 is 10.1 Å². The Morgan fingerprint density at radius 1 is 1.10 bits per heavy atom. The quantitative estimate of drug-likeness (QED) is 0.893. The van der Waals surface area contributed by atoms with Crippen LogP contribution in [-0.2, 0) is 4.79 Å². The summed E-state index contributed by atoms with van der Waals surface area (Å²) in [7, 11) is 0. The molecule has 1 saturated carbocycles. The Labute approximate surface area is 132 Å². The van der Waals surface area contributed by atoms with Gasteiger partial charge in [-0.2, -0.15) is 0 Å². The van der Waals surface area contributed by atoms with E-state index in [1.54, 1.807) is 0 Å². The van der Waals surface area contributed by atoms with Crippen molar-refractivity contribution >= 4 is 21.8 Å². The summed E-state index contributed by atoms with van der Waals surface area (Å²) < 4.78 is 6.89. The Hall–Kier alpha value is -1.81. The maximum atomic E-state index is 12.4. The van der Waals surface area contributed by atoms with E-state index in [0.29, 0.717) is 11.8 Å². The van der Waals surface area contributed by atoms with Gasteiger partial charge in [-0.25, -0.2) is 0 Å². The molecule has 0 bridgehead atoms. The van der Waals surface area contributed by atoms with Crippen molar-refractivity contribution in [3.05, 3.63) is 64.6 Å². The van der Waals surface area contributed by atoms with Crippen molar-refractivity contribution in [2.24, 2.45) is 0 Å². The first-order chi connectivity index (χ1) is 10.2. The molecule has 2 aromatic carbocycles. The number of hydrogen-bond acceptors (Lipinski definition) is 2. The number of rotatable bonds is 5. The molecule has 1 aliphatic rings. The van der Waals surface area contributed by atoms with E-state index in [9.17, 15) is 4.79 Å². The molecule has 3 rings (SSSR count). The zero-order chi connectivity index (χ0) is 14.7. The largest absolute Gasteiger partial charge is 0.476 e. The van der Waals surface area contributed by atoms with Crippen LogP contribution in [0.2, 0.25) is 0 Å². The predicted molar refractivity (Wildman–Crippen MR) is 85.1 cm³/mol. The van der Waals surface area contributed by atoms with Crippen LogP contribution in [0.25, 0.3) is 0 Å². The number of amides is 1. The summed E-state index contributed by atoms with van der Waals surface area (Å²) in [5.74, 6) is 0.601. The number of ether oxygens (including phenoxy) is 1. The van der Waals surface area contributed by atoms with Crippen LogP contribution in [0.15, 0.2) is 59.1 Å². The maximum Gasteiger partial charge on any atom is 0.266 e. The lowest BCUT2D eigenvalue weighted by Crippen LogP contribution is -2.33. The van der Waals surface area contributed by atoms with Crippen molar-refractivity contribution in [1.29, 1.82) is 0 Å². The summed E-state index contributed by atoms with van der Waals surface area (Å²) in [6.45, 7) is 0. The number of benzene rings is 2. The Bertz CT molecular complexity index is 608. The molecule has 0 aromatic heterocycles. The van der Waals surface area contributed by atoms with Crippen LogP contribution in [-0.4, -0.2) is 11.9 Å². The van der Waals surface area contributed by atoms with Gasteiger partial charge in [-0.05, 0) is 37.1 Å². The van der Waals surface area contributed by atoms with E-state index in [0.717, 1.165) is 22.9 Å². The molecule has 0 aliphatic heterocycles. The highest BCUT2D eigenvalue weighted by atomic mass is 79.9. The second-order valence-corrected chi connectivity index (χ2v) is 6.06. The number of hydrogen-bond donors (Lipinski definition) is 1. The van der Waals surface area contributed by atoms with Gasteiger partial charge in [0.25, 0.3) is 5.91 Å². The summed E-state index contributed by atoms with van der Waals surface area (Å²) in [5, 5.41) is 3.01. The molecular weight excluding hydrogens is 330 g/mol. The van der Waals surface area contributed by atoms with Crippen molar-refractivity contribution in [3.8, 4) is 5.75 Å². The Kier molecular flexibility index (Phi) is 4.25. The Morgan fingerprint density at radius 2 is 1.76 bits per heavy atom. The third-order valence-electron chi connectivity index (χ3n) is 3.33. The van der Waals surface area contributed by atoms with Crippen LogP contribution in [0.1, 0.15) is 24.5 Å². The standard InChI is InChI=1S/C17H16BrNO2/c18-13-6-10-15(11-7-13)21-16(12-4-2-1-3-5-12)17(20)19-14-8-9-14/h1-7,10-11,14,16H,8-9H2,(H,19,20)/t16-/m0/s1. The number of carbonyl (C=O) groups is 1. The zero-order valence-electron chi connectivity index (χ0n) is 11.5. The molecule has 0 radical (unpaired) electrons. The molecule has 0 saturated heterocycles. The lowest BCUT2D eigenvalue weighted by atomic mass is 10.1. The molecule has 1 aliphatic carbocycles. The molecule has 108 valence electrons. The number of halogens is 1. The van der Waals surface area contributed by atoms with E-state index in [4.69, 9.17) is 4.74 Å². The molecule has 21 heavy (non-hydrogen) atoms. The average Bonchev–Trinajstić information content (AvgIpc) is 3.31. The van der Waals surface area contributed by atoms with Gasteiger partial charge in [-0.3, -0.25) is 4.79 Å². The molecule has 2 aromatic rings. The first kappa shape index (κ1) is 14.1. The maximum absolute atomic E-state index is 12.4. The van der Waals surface area contributed by atoms with Gasteiger partial charge in [0.05, 0.1) is 0 Å². The van der Waals surface area contributed by atoms with E-state index in [-0.39, 0.29) is 5.91 Å². The minimum atomic E-state index is -0.618. The number of carbonyl (C=O) groups excluding carboxylic acids is 1. The second kappa shape index (κ2) is 6.31. The highest BCUT2D eigenvalue weighted by molar-refractivity contribution is 9.10. The van der Waals surface area contributed by atoms with Gasteiger partial charge in [0.2, 0.25) is 6.10 Å². The van der Waals surface area contributed by atoms with Gasteiger partial charge >= 0.3 is 0 Å². The summed E-state index contributed by atoms with van der Waals surface area (Å²) in [4.78, 5) is 12.4. The van der Waals surface area contributed by atoms with Crippen LogP contribution in [0.5, 0.6) is 5.75 Å². The van der Waals surface area contributed by atoms with Crippen LogP contribution in [0.3, 0.4) is 0 Å². The van der Waals surface area contributed by atoms with E-state index >= 15 is 0 Å². The Morgan fingerprint density at radius 3 is 2.38 bits per heavy atom. The summed E-state index contributed by atoms with van der Waals surface area (Å²) in [5.41, 5.74) is 0.860. The second-order valence-electron chi connectivity index (χ2n) is 5.15. The van der Waals surface area contributed by atoms with Crippen LogP contribution in [0.4, 0.5) is 0 Å². The fourth-order valence-corrected chi connectivity index (χ4v) is 2.32. The minimum Gasteiger partial charge on any atom is -0.476 e. The molecule has 1 fully saturated rings. The molecule has 1 amide bonds. The van der Waals surface area contributed by atoms with Gasteiger partial charge < -0.3 is 10.1 Å². The third-order valence-corrected chi connectivity index (χ3v) is 3.86. The SMILES string of the molecule is O=C(NC1CC1)[C@@H](Oc1ccc(Br)cc1)c1ccccc1. The van der Waals surface area contributed by atoms with Crippen molar-refractivity contribution < 1.29 is 9.53 Å². The van der Waals surface area contributed by atoms with Crippen molar-refractivity contribution in [2.75, 3.05) is 0 Å². The van der Waals surface area contributed by atoms with Crippen LogP contribution in [0, 0.1) is 0 Å². The van der Waals surface area contributed by atoms with Crippen molar-refractivity contribution in [2.45, 2.75) is 25.0 Å².